The van der Waals surface area contributed by atoms with Crippen LogP contribution in [0.2, 0.25) is 0 Å². The molecule has 4 heteroatoms. The first-order valence-electron chi connectivity index (χ1n) is 5.81. The van der Waals surface area contributed by atoms with Gasteiger partial charge in [-0.05, 0) is 43.5 Å². The number of likely N-dealkylation sites (tertiary alicyclic amines) is 1. The van der Waals surface area contributed by atoms with Crippen molar-refractivity contribution in [2.75, 3.05) is 19.7 Å². The molecular weight excluding hydrogens is 202 g/mol. The van der Waals surface area contributed by atoms with Crippen LogP contribution < -0.4 is 5.90 Å². The Morgan fingerprint density at radius 3 is 2.88 bits per heavy atom. The third-order valence-corrected chi connectivity index (χ3v) is 3.17. The molecule has 1 aliphatic heterocycles. The summed E-state index contributed by atoms with van der Waals surface area (Å²) in [5, 5.41) is 0. The summed E-state index contributed by atoms with van der Waals surface area (Å²) in [7, 11) is 0. The molecule has 0 aromatic carbocycles. The molecule has 2 N–H and O–H groups in total. The topological polar surface area (TPSA) is 51.4 Å². The van der Waals surface area contributed by atoms with Gasteiger partial charge in [0.15, 0.2) is 0 Å². The van der Waals surface area contributed by atoms with Crippen molar-refractivity contribution in [3.63, 3.8) is 0 Å². The van der Waals surface area contributed by atoms with Crippen molar-refractivity contribution in [3.8, 4) is 0 Å². The summed E-state index contributed by atoms with van der Waals surface area (Å²) in [6.07, 6.45) is 6.11. The lowest BCUT2D eigenvalue weighted by molar-refractivity contribution is 0.0658. The van der Waals surface area contributed by atoms with Crippen LogP contribution >= 0.6 is 0 Å². The second-order valence-electron chi connectivity index (χ2n) is 4.41. The van der Waals surface area contributed by atoms with Gasteiger partial charge in [-0.25, -0.2) is 5.90 Å². The third-order valence-electron chi connectivity index (χ3n) is 3.17. The van der Waals surface area contributed by atoms with Crippen molar-refractivity contribution < 1.29 is 4.84 Å². The molecule has 4 nitrogen and oxygen atoms in total. The molecule has 1 aliphatic rings. The molecule has 0 bridgehead atoms. The number of nitrogens with zero attached hydrogens (tertiary/aromatic N) is 2. The van der Waals surface area contributed by atoms with E-state index in [9.17, 15) is 0 Å². The minimum absolute atomic E-state index is 0.634. The van der Waals surface area contributed by atoms with Gasteiger partial charge in [0, 0.05) is 18.9 Å². The second kappa shape index (κ2) is 5.94. The predicted octanol–water partition coefficient (Wildman–Crippen LogP) is 1.18. The number of nitrogens with two attached hydrogens (primary N) is 1. The zero-order valence-electron chi connectivity index (χ0n) is 9.51. The maximum Gasteiger partial charge on any atom is 0.0708 e. The van der Waals surface area contributed by atoms with Crippen molar-refractivity contribution in [2.24, 2.45) is 11.8 Å². The van der Waals surface area contributed by atoms with E-state index in [1.165, 1.54) is 18.4 Å². The van der Waals surface area contributed by atoms with Crippen molar-refractivity contribution in [1.82, 2.24) is 9.88 Å². The lowest BCUT2D eigenvalue weighted by atomic mass is 9.97. The van der Waals surface area contributed by atoms with Crippen LogP contribution in [-0.2, 0) is 11.4 Å². The van der Waals surface area contributed by atoms with Gasteiger partial charge in [-0.15, -0.1) is 0 Å². The Morgan fingerprint density at radius 2 is 2.25 bits per heavy atom. The third kappa shape index (κ3) is 3.27. The Balaban J connectivity index is 1.77. The largest absolute Gasteiger partial charge is 0.304 e. The highest BCUT2D eigenvalue weighted by Gasteiger charge is 2.18. The maximum atomic E-state index is 5.10. The Kier molecular flexibility index (Phi) is 4.27. The molecule has 1 aromatic rings. The summed E-state index contributed by atoms with van der Waals surface area (Å²) in [5.41, 5.74) is 1.29. The minimum atomic E-state index is 0.634. The van der Waals surface area contributed by atoms with Crippen molar-refractivity contribution in [3.05, 3.63) is 30.1 Å². The van der Waals surface area contributed by atoms with Crippen LogP contribution in [-0.4, -0.2) is 29.6 Å². The van der Waals surface area contributed by atoms with Gasteiger partial charge in [0.05, 0.1) is 6.61 Å². The molecule has 0 aliphatic carbocycles. The quantitative estimate of drug-likeness (QED) is 0.776. The van der Waals surface area contributed by atoms with E-state index >= 15 is 0 Å². The highest BCUT2D eigenvalue weighted by molar-refractivity contribution is 5.08. The fourth-order valence-electron chi connectivity index (χ4n) is 2.20. The molecule has 1 fully saturated rings. The smallest absolute Gasteiger partial charge is 0.0708 e. The van der Waals surface area contributed by atoms with Crippen LogP contribution in [0.25, 0.3) is 0 Å². The van der Waals surface area contributed by atoms with Gasteiger partial charge < -0.3 is 4.84 Å². The first-order chi connectivity index (χ1) is 7.88. The van der Waals surface area contributed by atoms with E-state index in [0.717, 1.165) is 19.6 Å². The summed E-state index contributed by atoms with van der Waals surface area (Å²) in [5.74, 6) is 5.73. The van der Waals surface area contributed by atoms with E-state index in [-0.39, 0.29) is 0 Å². The summed E-state index contributed by atoms with van der Waals surface area (Å²) in [6.45, 7) is 3.95. The molecule has 0 saturated carbocycles. The Labute approximate surface area is 96.4 Å². The van der Waals surface area contributed by atoms with Crippen LogP contribution in [0.15, 0.2) is 24.5 Å². The molecular formula is C12H19N3O. The Bertz CT molecular complexity index is 296. The van der Waals surface area contributed by atoms with Crippen LogP contribution in [0.3, 0.4) is 0 Å². The van der Waals surface area contributed by atoms with E-state index in [2.05, 4.69) is 16.0 Å². The average molecular weight is 221 g/mol. The fraction of sp³-hybridized carbons (Fsp3) is 0.583. The van der Waals surface area contributed by atoms with Gasteiger partial charge >= 0.3 is 0 Å². The Morgan fingerprint density at radius 1 is 1.44 bits per heavy atom. The van der Waals surface area contributed by atoms with E-state index in [1.54, 1.807) is 0 Å². The molecule has 88 valence electrons. The first kappa shape index (κ1) is 11.5. The minimum Gasteiger partial charge on any atom is -0.304 e. The number of piperidine rings is 1. The van der Waals surface area contributed by atoms with Gasteiger partial charge in [-0.3, -0.25) is 9.88 Å². The molecule has 2 heterocycles. The Hall–Kier alpha value is -0.970. The molecule has 2 rings (SSSR count). The summed E-state index contributed by atoms with van der Waals surface area (Å²) >= 11 is 0. The van der Waals surface area contributed by atoms with Crippen molar-refractivity contribution in [1.29, 1.82) is 0 Å². The number of hydrogen-bond donors (Lipinski definition) is 1. The van der Waals surface area contributed by atoms with Crippen LogP contribution in [0.5, 0.6) is 0 Å². The monoisotopic (exact) mass is 221 g/mol. The normalized spacial score (nSPS) is 18.8. The highest BCUT2D eigenvalue weighted by Crippen LogP contribution is 2.18. The lowest BCUT2D eigenvalue weighted by Gasteiger charge is -2.31. The molecule has 0 spiro atoms. The summed E-state index contributed by atoms with van der Waals surface area (Å²) in [4.78, 5) is 11.3. The van der Waals surface area contributed by atoms with Crippen molar-refractivity contribution in [2.45, 2.75) is 19.4 Å². The number of pyridine rings is 1. The van der Waals surface area contributed by atoms with Gasteiger partial charge in [0.1, 0.15) is 0 Å². The van der Waals surface area contributed by atoms with E-state index in [4.69, 9.17) is 10.7 Å². The van der Waals surface area contributed by atoms with Gasteiger partial charge in [-0.2, -0.15) is 0 Å². The van der Waals surface area contributed by atoms with Crippen molar-refractivity contribution >= 4 is 0 Å². The van der Waals surface area contributed by atoms with Crippen LogP contribution in [0.4, 0.5) is 0 Å². The van der Waals surface area contributed by atoms with E-state index in [1.807, 2.05) is 18.5 Å². The van der Waals surface area contributed by atoms with E-state index in [0.29, 0.717) is 12.5 Å². The predicted molar refractivity (Wildman–Crippen MR) is 62.4 cm³/mol. The zero-order chi connectivity index (χ0) is 11.2. The average Bonchev–Trinajstić information content (AvgIpc) is 2.33. The fourth-order valence-corrected chi connectivity index (χ4v) is 2.20. The molecule has 1 saturated heterocycles. The number of aromatic nitrogens is 1. The zero-order valence-corrected chi connectivity index (χ0v) is 9.51. The molecule has 0 atom stereocenters. The molecule has 16 heavy (non-hydrogen) atoms. The van der Waals surface area contributed by atoms with Crippen LogP contribution in [0, 0.1) is 5.92 Å². The number of rotatable bonds is 4. The second-order valence-corrected chi connectivity index (χ2v) is 4.41. The van der Waals surface area contributed by atoms with Gasteiger partial charge in [-0.1, -0.05) is 6.07 Å². The van der Waals surface area contributed by atoms with Gasteiger partial charge in [0.2, 0.25) is 0 Å². The molecule has 0 amide bonds. The molecule has 1 aromatic heterocycles. The SMILES string of the molecule is NOCC1CCN(Cc2cccnc2)CC1. The van der Waals surface area contributed by atoms with E-state index < -0.39 is 0 Å². The molecule has 0 unspecified atom stereocenters. The van der Waals surface area contributed by atoms with Crippen LogP contribution in [0.1, 0.15) is 18.4 Å². The number of hydrogen-bond acceptors (Lipinski definition) is 4. The van der Waals surface area contributed by atoms with Gasteiger partial charge in [0.25, 0.3) is 0 Å². The summed E-state index contributed by atoms with van der Waals surface area (Å²) in [6, 6.07) is 4.12. The lowest BCUT2D eigenvalue weighted by Crippen LogP contribution is -2.35. The first-order valence-corrected chi connectivity index (χ1v) is 5.81. The maximum absolute atomic E-state index is 5.10. The summed E-state index contributed by atoms with van der Waals surface area (Å²) < 4.78 is 0. The molecule has 0 radical (unpaired) electrons. The highest BCUT2D eigenvalue weighted by atomic mass is 16.6. The standard InChI is InChI=1S/C12H19N3O/c13-16-10-11-3-6-15(7-4-11)9-12-2-1-5-14-8-12/h1-2,5,8,11H,3-4,6-7,9-10,13H2.